The molecule has 17 heavy (non-hydrogen) atoms. The van der Waals surface area contributed by atoms with Crippen LogP contribution in [0.15, 0.2) is 60.7 Å². The summed E-state index contributed by atoms with van der Waals surface area (Å²) in [7, 11) is 0. The summed E-state index contributed by atoms with van der Waals surface area (Å²) in [6, 6.07) is 22.5. The molecule has 0 spiro atoms. The Morgan fingerprint density at radius 1 is 1.00 bits per heavy atom. The molecule has 0 bridgehead atoms. The predicted molar refractivity (Wildman–Crippen MR) is 63.7 cm³/mol. The summed E-state index contributed by atoms with van der Waals surface area (Å²) in [5, 5.41) is 0. The molecular formula is C14H16Cl2Zr-2. The van der Waals surface area contributed by atoms with E-state index in [2.05, 4.69) is 16.7 Å². The number of rotatable bonds is 1. The summed E-state index contributed by atoms with van der Waals surface area (Å²) < 4.78 is 2.22. The molecule has 0 aliphatic heterocycles. The summed E-state index contributed by atoms with van der Waals surface area (Å²) in [5.74, 6) is 0. The molecule has 0 heterocycles. The van der Waals surface area contributed by atoms with Crippen molar-refractivity contribution in [3.63, 3.8) is 0 Å². The molecule has 0 N–H and O–H groups in total. The molecule has 0 amide bonds. The molecule has 2 rings (SSSR count). The van der Waals surface area contributed by atoms with Gasteiger partial charge in [-0.05, 0) is 0 Å². The van der Waals surface area contributed by atoms with Gasteiger partial charge < -0.3 is 24.8 Å². The topological polar surface area (TPSA) is 0 Å². The molecule has 0 aromatic heterocycles. The van der Waals surface area contributed by atoms with Crippen LogP contribution in [-0.2, 0) is 24.2 Å². The van der Waals surface area contributed by atoms with Crippen LogP contribution in [0.5, 0.6) is 0 Å². The molecule has 2 aromatic rings. The van der Waals surface area contributed by atoms with Gasteiger partial charge in [0.15, 0.2) is 0 Å². The minimum atomic E-state index is 0. The van der Waals surface area contributed by atoms with Gasteiger partial charge in [0.25, 0.3) is 0 Å². The average molecular weight is 346 g/mol. The van der Waals surface area contributed by atoms with Crippen molar-refractivity contribution in [1.82, 2.24) is 0 Å². The van der Waals surface area contributed by atoms with Gasteiger partial charge >= 0.3 is 41.3 Å². The first kappa shape index (κ1) is 22.1. The fourth-order valence-corrected chi connectivity index (χ4v) is 0.663. The maximum Gasteiger partial charge on any atom is -0.171 e. The Kier molecular flexibility index (Phi) is 27.6. The molecule has 0 aliphatic rings. The van der Waals surface area contributed by atoms with E-state index in [4.69, 9.17) is 0 Å². The van der Waals surface area contributed by atoms with E-state index in [0.717, 1.165) is 0 Å². The van der Waals surface area contributed by atoms with Crippen LogP contribution >= 0.6 is 0 Å². The van der Waals surface area contributed by atoms with Crippen LogP contribution < -0.4 is 24.8 Å². The fraction of sp³-hybridized carbons (Fsp3) is 0.143. The van der Waals surface area contributed by atoms with Crippen molar-refractivity contribution in [2.75, 3.05) is 0 Å². The number of hydrogen-bond donors (Lipinski definition) is 0. The van der Waals surface area contributed by atoms with Gasteiger partial charge in [0.1, 0.15) is 0 Å². The minimum Gasteiger partial charge on any atom is -1.00 e. The molecular weight excluding hydrogens is 330 g/mol. The molecule has 3 heteroatoms. The van der Waals surface area contributed by atoms with E-state index in [1.807, 2.05) is 60.7 Å². The third-order valence-electron chi connectivity index (χ3n) is 1.37. The molecule has 0 atom stereocenters. The van der Waals surface area contributed by atoms with E-state index >= 15 is 0 Å². The van der Waals surface area contributed by atoms with E-state index < -0.39 is 0 Å². The predicted octanol–water partition coefficient (Wildman–Crippen LogP) is -2.35. The molecule has 0 saturated carbocycles. The quantitative estimate of drug-likeness (QED) is 0.507. The van der Waals surface area contributed by atoms with E-state index in [0.29, 0.717) is 0 Å². The first-order chi connectivity index (χ1) is 7.41. The maximum atomic E-state index is 2.89. The molecule has 0 saturated heterocycles. The Bertz CT molecular complexity index is 249. The first-order valence-electron chi connectivity index (χ1n) is 4.98. The van der Waals surface area contributed by atoms with Gasteiger partial charge in [-0.25, -0.2) is 12.1 Å². The van der Waals surface area contributed by atoms with Crippen LogP contribution in [0.1, 0.15) is 13.3 Å². The van der Waals surface area contributed by atoms with Gasteiger partial charge in [0, 0.05) is 0 Å². The largest absolute Gasteiger partial charge is 1.00 e. The Labute approximate surface area is 132 Å². The molecule has 0 aliphatic carbocycles. The summed E-state index contributed by atoms with van der Waals surface area (Å²) in [4.78, 5) is 0. The second-order valence-corrected chi connectivity index (χ2v) is 3.66. The zero-order valence-electron chi connectivity index (χ0n) is 9.81. The SMILES string of the molecule is CC[CH]=[Zr+2].[Cl-].[Cl-].[c-]1ccccc1.c1cc[cH-]c1. The van der Waals surface area contributed by atoms with Crippen molar-refractivity contribution in [3.05, 3.63) is 66.7 Å². The van der Waals surface area contributed by atoms with Crippen LogP contribution in [0, 0.1) is 6.07 Å². The smallest absolute Gasteiger partial charge is 0.171 e. The van der Waals surface area contributed by atoms with Crippen LogP contribution in [0.2, 0.25) is 0 Å². The zero-order chi connectivity index (χ0) is 11.2. The molecule has 0 nitrogen and oxygen atoms in total. The normalized spacial score (nSPS) is 6.76. The van der Waals surface area contributed by atoms with Crippen molar-refractivity contribution >= 4 is 3.71 Å². The third-order valence-corrected chi connectivity index (χ3v) is 2.37. The van der Waals surface area contributed by atoms with Crippen molar-refractivity contribution in [2.24, 2.45) is 0 Å². The summed E-state index contributed by atoms with van der Waals surface area (Å²) in [6.07, 6.45) is 1.23. The Morgan fingerprint density at radius 2 is 1.47 bits per heavy atom. The molecule has 92 valence electrons. The molecule has 0 unspecified atom stereocenters. The standard InChI is InChI=1S/C6H5.C5H5.C3H6.2ClH.Zr/c1-2-4-6-5-3-1;1-2-4-5-3-1;1-3-2;;;/h1-5H;1-5H;1H,3H2,2H3;2*1H;/q2*-1;;;;+2/p-2. The van der Waals surface area contributed by atoms with Gasteiger partial charge in [0.2, 0.25) is 0 Å². The second-order valence-electron chi connectivity index (χ2n) is 2.65. The molecule has 0 fully saturated rings. The Balaban J connectivity index is -0.000000167. The Morgan fingerprint density at radius 3 is 1.59 bits per heavy atom. The number of benzene rings is 1. The van der Waals surface area contributed by atoms with Gasteiger partial charge in [-0.2, -0.15) is 54.6 Å². The number of halogens is 2. The van der Waals surface area contributed by atoms with Crippen molar-refractivity contribution in [1.29, 1.82) is 0 Å². The summed E-state index contributed by atoms with van der Waals surface area (Å²) in [6.45, 7) is 2.15. The monoisotopic (exact) mass is 344 g/mol. The van der Waals surface area contributed by atoms with Crippen LogP contribution in [0.25, 0.3) is 0 Å². The third kappa shape index (κ3) is 21.7. The van der Waals surface area contributed by atoms with Crippen LogP contribution in [-0.4, -0.2) is 3.71 Å². The van der Waals surface area contributed by atoms with E-state index in [-0.39, 0.29) is 24.8 Å². The van der Waals surface area contributed by atoms with E-state index in [1.165, 1.54) is 6.42 Å². The zero-order valence-corrected chi connectivity index (χ0v) is 13.8. The van der Waals surface area contributed by atoms with Gasteiger partial charge in [-0.1, -0.05) is 0 Å². The maximum absolute atomic E-state index is 2.89. The van der Waals surface area contributed by atoms with Crippen molar-refractivity contribution in [2.45, 2.75) is 13.3 Å². The van der Waals surface area contributed by atoms with Crippen LogP contribution in [0.3, 0.4) is 0 Å². The van der Waals surface area contributed by atoms with Gasteiger partial charge in [-0.3, -0.25) is 0 Å². The van der Waals surface area contributed by atoms with Crippen LogP contribution in [0.4, 0.5) is 0 Å². The Hall–Kier alpha value is -0.0969. The van der Waals surface area contributed by atoms with Gasteiger partial charge in [0.05, 0.1) is 0 Å². The molecule has 0 radical (unpaired) electrons. The molecule has 2 aromatic carbocycles. The minimum absolute atomic E-state index is 0. The fourth-order valence-electron chi connectivity index (χ4n) is 0.663. The second kappa shape index (κ2) is 21.2. The van der Waals surface area contributed by atoms with Crippen molar-refractivity contribution in [3.8, 4) is 0 Å². The van der Waals surface area contributed by atoms with Gasteiger partial charge in [-0.15, -0.1) is 0 Å². The summed E-state index contributed by atoms with van der Waals surface area (Å²) >= 11 is 1.54. The summed E-state index contributed by atoms with van der Waals surface area (Å²) in [5.41, 5.74) is 0. The van der Waals surface area contributed by atoms with Crippen molar-refractivity contribution < 1.29 is 49.0 Å². The number of hydrogen-bond acceptors (Lipinski definition) is 0. The van der Waals surface area contributed by atoms with E-state index in [9.17, 15) is 0 Å². The van der Waals surface area contributed by atoms with E-state index in [1.54, 1.807) is 24.2 Å². The first-order valence-corrected chi connectivity index (χ1v) is 6.40. The average Bonchev–Trinajstić information content (AvgIpc) is 2.90.